The van der Waals surface area contributed by atoms with Crippen molar-refractivity contribution in [2.75, 3.05) is 31.1 Å². The highest BCUT2D eigenvalue weighted by Crippen LogP contribution is 2.34. The molecule has 0 unspecified atom stereocenters. The van der Waals surface area contributed by atoms with Crippen molar-refractivity contribution in [2.45, 2.75) is 46.1 Å². The highest BCUT2D eigenvalue weighted by atomic mass is 15.3. The van der Waals surface area contributed by atoms with Crippen LogP contribution in [0.4, 0.5) is 5.69 Å². The maximum absolute atomic E-state index is 3.40. The van der Waals surface area contributed by atoms with Crippen LogP contribution < -0.4 is 4.90 Å². The average Bonchev–Trinajstić information content (AvgIpc) is 2.93. The van der Waals surface area contributed by atoms with Crippen LogP contribution in [0, 0.1) is 0 Å². The number of hydrogen-bond acceptors (Lipinski definition) is 2. The molecule has 120 valence electrons. The predicted molar refractivity (Wildman–Crippen MR) is 95.9 cm³/mol. The first-order valence-corrected chi connectivity index (χ1v) is 8.47. The van der Waals surface area contributed by atoms with E-state index in [0.29, 0.717) is 6.04 Å². The van der Waals surface area contributed by atoms with Gasteiger partial charge in [0.15, 0.2) is 0 Å². The van der Waals surface area contributed by atoms with Gasteiger partial charge in [-0.2, -0.15) is 0 Å². The number of aromatic amines is 1. The summed E-state index contributed by atoms with van der Waals surface area (Å²) in [5.41, 5.74) is 4.23. The monoisotopic (exact) mass is 299 g/mol. The largest absolute Gasteiger partial charge is 0.368 e. The molecular weight excluding hydrogens is 270 g/mol. The molecule has 0 atom stereocenters. The average molecular weight is 299 g/mol. The summed E-state index contributed by atoms with van der Waals surface area (Å²) >= 11 is 0. The summed E-state index contributed by atoms with van der Waals surface area (Å²) in [5.74, 6) is 0. The molecule has 0 bridgehead atoms. The first kappa shape index (κ1) is 15.4. The van der Waals surface area contributed by atoms with Crippen molar-refractivity contribution < 1.29 is 0 Å². The van der Waals surface area contributed by atoms with E-state index >= 15 is 0 Å². The fourth-order valence-corrected chi connectivity index (χ4v) is 3.32. The lowest BCUT2D eigenvalue weighted by atomic mass is 9.86. The fraction of sp³-hybridized carbons (Fsp3) is 0.579. The maximum Gasteiger partial charge on any atom is 0.0477 e. The minimum atomic E-state index is 0.174. The molecule has 3 nitrogen and oxygen atoms in total. The second kappa shape index (κ2) is 5.62. The minimum absolute atomic E-state index is 0.174. The minimum Gasteiger partial charge on any atom is -0.368 e. The summed E-state index contributed by atoms with van der Waals surface area (Å²) in [5, 5.41) is 1.35. The van der Waals surface area contributed by atoms with Crippen LogP contribution in [0.2, 0.25) is 0 Å². The Morgan fingerprint density at radius 1 is 1.05 bits per heavy atom. The molecule has 1 aromatic carbocycles. The Kier molecular flexibility index (Phi) is 3.94. The number of rotatable bonds is 2. The molecule has 0 saturated carbocycles. The molecule has 1 aliphatic heterocycles. The van der Waals surface area contributed by atoms with Crippen molar-refractivity contribution in [2.24, 2.45) is 0 Å². The van der Waals surface area contributed by atoms with E-state index in [2.05, 4.69) is 73.8 Å². The second-order valence-electron chi connectivity index (χ2n) is 7.80. The first-order chi connectivity index (χ1) is 10.4. The highest BCUT2D eigenvalue weighted by molar-refractivity contribution is 5.93. The van der Waals surface area contributed by atoms with Gasteiger partial charge in [-0.1, -0.05) is 20.8 Å². The van der Waals surface area contributed by atoms with Gasteiger partial charge < -0.3 is 9.88 Å². The molecule has 3 rings (SSSR count). The van der Waals surface area contributed by atoms with Gasteiger partial charge in [0.1, 0.15) is 0 Å². The SMILES string of the molecule is CC(C)N1CCN(c2cc(C(C)(C)C)cc3[nH]ccc23)CC1. The maximum atomic E-state index is 3.40. The summed E-state index contributed by atoms with van der Waals surface area (Å²) < 4.78 is 0. The van der Waals surface area contributed by atoms with Crippen LogP contribution in [0.3, 0.4) is 0 Å². The molecule has 2 aromatic rings. The number of piperazine rings is 1. The van der Waals surface area contributed by atoms with Crippen molar-refractivity contribution in [1.29, 1.82) is 0 Å². The van der Waals surface area contributed by atoms with Crippen molar-refractivity contribution in [3.05, 3.63) is 30.0 Å². The topological polar surface area (TPSA) is 22.3 Å². The smallest absolute Gasteiger partial charge is 0.0477 e. The Bertz CT molecular complexity index is 640. The predicted octanol–water partition coefficient (Wildman–Crippen LogP) is 4.00. The van der Waals surface area contributed by atoms with Gasteiger partial charge in [-0.15, -0.1) is 0 Å². The Balaban J connectivity index is 1.95. The molecule has 2 heterocycles. The standard InChI is InChI=1S/C19H29N3/c1-14(2)21-8-10-22(11-9-21)18-13-15(19(3,4)5)12-17-16(18)6-7-20-17/h6-7,12-14,20H,8-11H2,1-5H3. The van der Waals surface area contributed by atoms with E-state index in [1.807, 2.05) is 0 Å². The zero-order chi connectivity index (χ0) is 15.9. The lowest BCUT2D eigenvalue weighted by Gasteiger charge is -2.38. The molecule has 1 aliphatic rings. The van der Waals surface area contributed by atoms with Crippen molar-refractivity contribution in [3.63, 3.8) is 0 Å². The third-order valence-corrected chi connectivity index (χ3v) is 4.90. The van der Waals surface area contributed by atoms with E-state index in [1.54, 1.807) is 0 Å². The summed E-state index contributed by atoms with van der Waals surface area (Å²) in [6, 6.07) is 7.58. The van der Waals surface area contributed by atoms with Gasteiger partial charge in [-0.25, -0.2) is 0 Å². The lowest BCUT2D eigenvalue weighted by Crippen LogP contribution is -2.49. The number of anilines is 1. The van der Waals surface area contributed by atoms with Gasteiger partial charge in [0, 0.05) is 55.0 Å². The van der Waals surface area contributed by atoms with Gasteiger partial charge in [0.25, 0.3) is 0 Å². The molecule has 1 saturated heterocycles. The lowest BCUT2D eigenvalue weighted by molar-refractivity contribution is 0.209. The van der Waals surface area contributed by atoms with E-state index in [9.17, 15) is 0 Å². The Hall–Kier alpha value is -1.48. The van der Waals surface area contributed by atoms with Crippen LogP contribution in [0.1, 0.15) is 40.2 Å². The molecule has 0 amide bonds. The Labute approximate surface area is 134 Å². The molecule has 3 heteroatoms. The first-order valence-electron chi connectivity index (χ1n) is 8.47. The number of aromatic nitrogens is 1. The van der Waals surface area contributed by atoms with E-state index < -0.39 is 0 Å². The van der Waals surface area contributed by atoms with Gasteiger partial charge in [0.2, 0.25) is 0 Å². The molecule has 1 N–H and O–H groups in total. The van der Waals surface area contributed by atoms with Gasteiger partial charge in [-0.05, 0) is 43.0 Å². The third kappa shape index (κ3) is 2.87. The van der Waals surface area contributed by atoms with Crippen LogP contribution in [0.5, 0.6) is 0 Å². The number of nitrogens with one attached hydrogen (secondary N) is 1. The zero-order valence-corrected chi connectivity index (χ0v) is 14.6. The molecule has 0 spiro atoms. The van der Waals surface area contributed by atoms with Crippen molar-refractivity contribution in [1.82, 2.24) is 9.88 Å². The number of nitrogens with zero attached hydrogens (tertiary/aromatic N) is 2. The highest BCUT2D eigenvalue weighted by Gasteiger charge is 2.23. The summed E-state index contributed by atoms with van der Waals surface area (Å²) in [4.78, 5) is 8.53. The van der Waals surface area contributed by atoms with Crippen molar-refractivity contribution in [3.8, 4) is 0 Å². The van der Waals surface area contributed by atoms with Crippen LogP contribution in [0.15, 0.2) is 24.4 Å². The summed E-state index contributed by atoms with van der Waals surface area (Å²) in [6.07, 6.45) is 2.06. The van der Waals surface area contributed by atoms with E-state index in [0.717, 1.165) is 26.2 Å². The number of hydrogen-bond donors (Lipinski definition) is 1. The van der Waals surface area contributed by atoms with Crippen LogP contribution >= 0.6 is 0 Å². The Morgan fingerprint density at radius 2 is 1.73 bits per heavy atom. The van der Waals surface area contributed by atoms with E-state index in [4.69, 9.17) is 0 Å². The zero-order valence-electron chi connectivity index (χ0n) is 14.6. The molecule has 0 radical (unpaired) electrons. The fourth-order valence-electron chi connectivity index (χ4n) is 3.32. The van der Waals surface area contributed by atoms with Gasteiger partial charge >= 0.3 is 0 Å². The molecule has 0 aliphatic carbocycles. The van der Waals surface area contributed by atoms with Gasteiger partial charge in [-0.3, -0.25) is 4.90 Å². The summed E-state index contributed by atoms with van der Waals surface area (Å²) in [6.45, 7) is 16.0. The Morgan fingerprint density at radius 3 is 2.32 bits per heavy atom. The van der Waals surface area contributed by atoms with Crippen molar-refractivity contribution >= 4 is 16.6 Å². The van der Waals surface area contributed by atoms with E-state index in [1.165, 1.54) is 22.2 Å². The van der Waals surface area contributed by atoms with Gasteiger partial charge in [0.05, 0.1) is 0 Å². The normalized spacial score (nSPS) is 17.6. The quantitative estimate of drug-likeness (QED) is 0.905. The second-order valence-corrected chi connectivity index (χ2v) is 7.80. The third-order valence-electron chi connectivity index (χ3n) is 4.90. The number of fused-ring (bicyclic) bond motifs is 1. The molecule has 22 heavy (non-hydrogen) atoms. The number of benzene rings is 1. The van der Waals surface area contributed by atoms with Crippen LogP contribution in [-0.4, -0.2) is 42.1 Å². The number of H-pyrrole nitrogens is 1. The van der Waals surface area contributed by atoms with E-state index in [-0.39, 0.29) is 5.41 Å². The molecule has 1 fully saturated rings. The molecule has 1 aromatic heterocycles. The van der Waals surface area contributed by atoms with Crippen LogP contribution in [-0.2, 0) is 5.41 Å². The summed E-state index contributed by atoms with van der Waals surface area (Å²) in [7, 11) is 0. The van der Waals surface area contributed by atoms with Crippen LogP contribution in [0.25, 0.3) is 10.9 Å². The molecular formula is C19H29N3.